The molecule has 0 saturated carbocycles. The molecule has 8 nitrogen and oxygen atoms in total. The Balaban J connectivity index is 1.45. The zero-order valence-corrected chi connectivity index (χ0v) is 24.4. The number of nitrogens with zero attached hydrogens (tertiary/aromatic N) is 2. The third-order valence-corrected chi connectivity index (χ3v) is 13.5. The van der Waals surface area contributed by atoms with Crippen LogP contribution in [0.4, 0.5) is 5.69 Å². The number of hydrogen-bond acceptors (Lipinski definition) is 7. The monoisotopic (exact) mass is 574 g/mol. The van der Waals surface area contributed by atoms with Crippen LogP contribution in [-0.4, -0.2) is 42.0 Å². The Morgan fingerprint density at radius 3 is 2.05 bits per heavy atom. The average molecular weight is 575 g/mol. The number of amides is 1. The summed E-state index contributed by atoms with van der Waals surface area (Å²) in [4.78, 5) is 38.5. The lowest BCUT2D eigenvalue weighted by molar-refractivity contribution is -0.384. The number of fused-ring (bicyclic) bond motifs is 1. The Hall–Kier alpha value is -3.73. The van der Waals surface area contributed by atoms with Gasteiger partial charge in [-0.15, -0.1) is 0 Å². The van der Waals surface area contributed by atoms with Crippen LogP contribution < -0.4 is 10.4 Å². The Morgan fingerprint density at radius 1 is 0.975 bits per heavy atom. The van der Waals surface area contributed by atoms with Gasteiger partial charge in [0.1, 0.15) is 12.3 Å². The number of hydrogen-bond donors (Lipinski definition) is 0. The van der Waals surface area contributed by atoms with E-state index in [1.54, 1.807) is 12.1 Å². The Bertz CT molecular complexity index is 1420. The van der Waals surface area contributed by atoms with E-state index in [0.29, 0.717) is 16.9 Å². The lowest BCUT2D eigenvalue weighted by atomic mass is 10.1. The molecule has 40 heavy (non-hydrogen) atoms. The number of nitro benzene ring substituents is 1. The number of benzene rings is 3. The number of esters is 1. The fraction of sp³-hybridized carbons (Fsp3) is 0.267. The normalized spacial score (nSPS) is 16.9. The van der Waals surface area contributed by atoms with Crippen LogP contribution in [-0.2, 0) is 25.4 Å². The van der Waals surface area contributed by atoms with Gasteiger partial charge in [0.2, 0.25) is 5.91 Å². The highest BCUT2D eigenvalue weighted by Gasteiger charge is 2.52. The second kappa shape index (κ2) is 11.0. The predicted molar refractivity (Wildman–Crippen MR) is 156 cm³/mol. The number of rotatable bonds is 9. The largest absolute Gasteiger partial charge is 0.456 e. The first-order chi connectivity index (χ1) is 19.1. The molecule has 0 spiro atoms. The first-order valence-electron chi connectivity index (χ1n) is 13.0. The van der Waals surface area contributed by atoms with Crippen molar-refractivity contribution in [1.29, 1.82) is 0 Å². The molecule has 1 atom stereocenters. The predicted octanol–water partition coefficient (Wildman–Crippen LogP) is 4.73. The molecule has 2 aliphatic rings. The summed E-state index contributed by atoms with van der Waals surface area (Å²) in [5.41, 5.74) is 0.801. The van der Waals surface area contributed by atoms with Gasteiger partial charge in [-0.1, -0.05) is 93.2 Å². The third-order valence-electron chi connectivity index (χ3n) is 7.24. The Kier molecular flexibility index (Phi) is 7.67. The van der Waals surface area contributed by atoms with E-state index in [4.69, 9.17) is 9.16 Å². The summed E-state index contributed by atoms with van der Waals surface area (Å²) in [6, 6.07) is 26.3. The second-order valence-corrected chi connectivity index (χ2v) is 16.3. The van der Waals surface area contributed by atoms with E-state index in [2.05, 4.69) is 45.0 Å². The topological polar surface area (TPSA) is 99.0 Å². The number of nitro groups is 1. The van der Waals surface area contributed by atoms with Gasteiger partial charge in [-0.25, -0.2) is 4.79 Å². The molecule has 1 fully saturated rings. The zero-order chi connectivity index (χ0) is 28.5. The number of ether oxygens (including phenoxy) is 1. The first kappa shape index (κ1) is 27.8. The molecule has 0 bridgehead atoms. The molecule has 10 heteroatoms. The molecule has 0 radical (unpaired) electrons. The minimum absolute atomic E-state index is 0.0400. The van der Waals surface area contributed by atoms with Crippen molar-refractivity contribution < 1.29 is 23.7 Å². The molecule has 0 unspecified atom stereocenters. The fourth-order valence-electron chi connectivity index (χ4n) is 5.29. The van der Waals surface area contributed by atoms with Crippen LogP contribution in [0.2, 0.25) is 5.04 Å². The summed E-state index contributed by atoms with van der Waals surface area (Å²) in [6.45, 7) is 6.66. The van der Waals surface area contributed by atoms with E-state index in [1.165, 1.54) is 28.8 Å². The van der Waals surface area contributed by atoms with Gasteiger partial charge >= 0.3 is 5.97 Å². The molecule has 5 rings (SSSR count). The first-order valence-corrected chi connectivity index (χ1v) is 15.8. The van der Waals surface area contributed by atoms with Gasteiger partial charge in [-0.05, 0) is 33.1 Å². The molecule has 1 saturated heterocycles. The highest BCUT2D eigenvalue weighted by atomic mass is 32.2. The fourth-order valence-corrected chi connectivity index (χ4v) is 11.2. The second-order valence-electron chi connectivity index (χ2n) is 10.8. The van der Waals surface area contributed by atoms with Gasteiger partial charge in [0.25, 0.3) is 14.0 Å². The summed E-state index contributed by atoms with van der Waals surface area (Å²) in [5, 5.41) is 12.8. The highest BCUT2D eigenvalue weighted by Crippen LogP contribution is 2.47. The van der Waals surface area contributed by atoms with Gasteiger partial charge in [-0.3, -0.25) is 19.8 Å². The van der Waals surface area contributed by atoms with Gasteiger partial charge in [0.05, 0.1) is 23.3 Å². The minimum Gasteiger partial charge on any atom is -0.456 e. The molecule has 2 aliphatic heterocycles. The summed E-state index contributed by atoms with van der Waals surface area (Å²) < 4.78 is 12.6. The van der Waals surface area contributed by atoms with Crippen molar-refractivity contribution in [2.24, 2.45) is 0 Å². The minimum atomic E-state index is -2.87. The summed E-state index contributed by atoms with van der Waals surface area (Å²) >= 11 is 1.48. The molecule has 1 amide bonds. The van der Waals surface area contributed by atoms with Crippen molar-refractivity contribution >= 4 is 48.0 Å². The number of thioether (sulfide) groups is 1. The van der Waals surface area contributed by atoms with Gasteiger partial charge in [0.15, 0.2) is 0 Å². The molecule has 0 N–H and O–H groups in total. The average Bonchev–Trinajstić information content (AvgIpc) is 3.24. The van der Waals surface area contributed by atoms with Crippen LogP contribution in [0.5, 0.6) is 0 Å². The number of non-ortho nitro benzene ring substituents is 1. The van der Waals surface area contributed by atoms with Crippen LogP contribution in [0.1, 0.15) is 32.8 Å². The summed E-state index contributed by atoms with van der Waals surface area (Å²) in [7, 11) is -2.87. The maximum Gasteiger partial charge on any atom is 0.356 e. The highest BCUT2D eigenvalue weighted by molar-refractivity contribution is 8.04. The van der Waals surface area contributed by atoms with Crippen LogP contribution >= 0.6 is 11.8 Å². The standard InChI is InChI=1S/C30H30N2O6SSi/c1-30(2,3)40(23-10-6-4-7-11-23,24-12-8-5-9-13-24)38-20-25-28(31-26(33)18-27(31)39-25)29(34)37-19-21-14-16-22(17-15-21)32(35)36/h4-17,27H,18-20H2,1-3H3/t27-/m0/s1. The third kappa shape index (κ3) is 5.10. The lowest BCUT2D eigenvalue weighted by Gasteiger charge is -2.43. The molecule has 206 valence electrons. The molecule has 2 heterocycles. The molecule has 3 aromatic rings. The van der Waals surface area contributed by atoms with E-state index >= 15 is 0 Å². The SMILES string of the molecule is CC(C)(C)[Si](OCC1=C(C(=O)OCc2ccc([N+](=O)[O-])cc2)N2C(=O)C[C@@H]2S1)(c1ccccc1)c1ccccc1. The van der Waals surface area contributed by atoms with Crippen molar-refractivity contribution in [3.8, 4) is 0 Å². The van der Waals surface area contributed by atoms with Gasteiger partial charge in [0, 0.05) is 17.0 Å². The van der Waals surface area contributed by atoms with Crippen LogP contribution in [0.15, 0.2) is 95.5 Å². The van der Waals surface area contributed by atoms with E-state index in [-0.39, 0.29) is 40.9 Å². The van der Waals surface area contributed by atoms with Crippen molar-refractivity contribution in [2.45, 2.75) is 44.2 Å². The van der Waals surface area contributed by atoms with Crippen molar-refractivity contribution in [1.82, 2.24) is 4.90 Å². The van der Waals surface area contributed by atoms with Crippen LogP contribution in [0, 0.1) is 10.1 Å². The zero-order valence-electron chi connectivity index (χ0n) is 22.5. The molecular weight excluding hydrogens is 544 g/mol. The van der Waals surface area contributed by atoms with Gasteiger partial charge < -0.3 is 9.16 Å². The van der Waals surface area contributed by atoms with Gasteiger partial charge in [-0.2, -0.15) is 0 Å². The smallest absolute Gasteiger partial charge is 0.356 e. The van der Waals surface area contributed by atoms with Crippen molar-refractivity contribution in [3.63, 3.8) is 0 Å². The van der Waals surface area contributed by atoms with E-state index in [1.807, 2.05) is 36.4 Å². The Morgan fingerprint density at radius 2 is 1.55 bits per heavy atom. The summed E-state index contributed by atoms with van der Waals surface area (Å²) in [6.07, 6.45) is 0.354. The van der Waals surface area contributed by atoms with Crippen LogP contribution in [0.3, 0.4) is 0 Å². The van der Waals surface area contributed by atoms with E-state index in [0.717, 1.165) is 10.4 Å². The maximum absolute atomic E-state index is 13.4. The lowest BCUT2D eigenvalue weighted by Crippen LogP contribution is -2.66. The Labute approximate surface area is 238 Å². The molecule has 3 aromatic carbocycles. The quantitative estimate of drug-likeness (QED) is 0.120. The number of β-lactam (4-membered cyclic amide) rings is 1. The number of carbonyl (C=O) groups is 2. The maximum atomic E-state index is 13.4. The van der Waals surface area contributed by atoms with Crippen molar-refractivity contribution in [3.05, 3.63) is 111 Å². The molecule has 0 aromatic heterocycles. The van der Waals surface area contributed by atoms with E-state index < -0.39 is 19.2 Å². The molecular formula is C30H30N2O6SSi. The number of carbonyl (C=O) groups excluding carboxylic acids is 2. The molecule has 0 aliphatic carbocycles. The van der Waals surface area contributed by atoms with Crippen molar-refractivity contribution in [2.75, 3.05) is 6.61 Å². The van der Waals surface area contributed by atoms with E-state index in [9.17, 15) is 19.7 Å². The van der Waals surface area contributed by atoms with Crippen LogP contribution in [0.25, 0.3) is 0 Å². The summed E-state index contributed by atoms with van der Waals surface area (Å²) in [5.74, 6) is -0.734.